The van der Waals surface area contributed by atoms with Crippen molar-refractivity contribution in [2.24, 2.45) is 5.73 Å². The van der Waals surface area contributed by atoms with Gasteiger partial charge < -0.3 is 5.73 Å². The number of halogens is 2. The fourth-order valence-corrected chi connectivity index (χ4v) is 3.19. The van der Waals surface area contributed by atoms with Crippen molar-refractivity contribution in [3.63, 3.8) is 0 Å². The molecule has 0 saturated heterocycles. The first kappa shape index (κ1) is 12.4. The van der Waals surface area contributed by atoms with Crippen molar-refractivity contribution in [2.75, 3.05) is 0 Å². The molecule has 0 aliphatic rings. The van der Waals surface area contributed by atoms with Crippen molar-refractivity contribution in [2.45, 2.75) is 25.8 Å². The van der Waals surface area contributed by atoms with E-state index >= 15 is 0 Å². The van der Waals surface area contributed by atoms with Crippen molar-refractivity contribution < 1.29 is 0 Å². The molecule has 1 aromatic rings. The van der Waals surface area contributed by atoms with Crippen LogP contribution in [0.5, 0.6) is 0 Å². The summed E-state index contributed by atoms with van der Waals surface area (Å²) in [5.41, 5.74) is 7.27. The van der Waals surface area contributed by atoms with Gasteiger partial charge in [-0.3, -0.25) is 0 Å². The van der Waals surface area contributed by atoms with Crippen molar-refractivity contribution in [1.29, 1.82) is 0 Å². The van der Waals surface area contributed by atoms with E-state index in [2.05, 4.69) is 51.4 Å². The molecular formula is C10H13Br2NS. The van der Waals surface area contributed by atoms with Crippen LogP contribution < -0.4 is 5.73 Å². The standard InChI is InChI=1S/C10H13Br2NS/c1-3-6(2)4-8(13)9-5-7(11)10(12)14-9/h5,8H,2-4,13H2,1H3. The molecular weight excluding hydrogens is 326 g/mol. The van der Waals surface area contributed by atoms with Crippen LogP contribution in [0, 0.1) is 0 Å². The SMILES string of the molecule is C=C(CC)CC(N)c1cc(Br)c(Br)s1. The summed E-state index contributed by atoms with van der Waals surface area (Å²) in [6.45, 7) is 6.08. The Morgan fingerprint density at radius 3 is 2.71 bits per heavy atom. The van der Waals surface area contributed by atoms with Crippen LogP contribution >= 0.6 is 43.2 Å². The average Bonchev–Trinajstić information content (AvgIpc) is 2.47. The maximum absolute atomic E-state index is 6.06. The minimum absolute atomic E-state index is 0.0787. The molecule has 1 rings (SSSR count). The van der Waals surface area contributed by atoms with Crippen molar-refractivity contribution >= 4 is 43.2 Å². The summed E-state index contributed by atoms with van der Waals surface area (Å²) in [6.07, 6.45) is 1.87. The maximum atomic E-state index is 6.06. The summed E-state index contributed by atoms with van der Waals surface area (Å²) >= 11 is 8.59. The fraction of sp³-hybridized carbons (Fsp3) is 0.400. The van der Waals surface area contributed by atoms with Crippen LogP contribution in [0.15, 0.2) is 26.5 Å². The van der Waals surface area contributed by atoms with E-state index in [-0.39, 0.29) is 6.04 Å². The molecule has 0 radical (unpaired) electrons. The van der Waals surface area contributed by atoms with Crippen LogP contribution in [-0.4, -0.2) is 0 Å². The van der Waals surface area contributed by atoms with Gasteiger partial charge in [-0.2, -0.15) is 0 Å². The molecule has 14 heavy (non-hydrogen) atoms. The van der Waals surface area contributed by atoms with Crippen LogP contribution in [-0.2, 0) is 0 Å². The molecule has 0 bridgehead atoms. The van der Waals surface area contributed by atoms with E-state index in [0.29, 0.717) is 0 Å². The van der Waals surface area contributed by atoms with Gasteiger partial charge in [-0.25, -0.2) is 0 Å². The highest BCUT2D eigenvalue weighted by Crippen LogP contribution is 2.36. The molecule has 0 fully saturated rings. The van der Waals surface area contributed by atoms with E-state index < -0.39 is 0 Å². The van der Waals surface area contributed by atoms with E-state index in [0.717, 1.165) is 21.1 Å². The second-order valence-electron chi connectivity index (χ2n) is 3.18. The maximum Gasteiger partial charge on any atom is 0.0843 e. The number of rotatable bonds is 4. The van der Waals surface area contributed by atoms with Gasteiger partial charge in [0, 0.05) is 15.4 Å². The lowest BCUT2D eigenvalue weighted by atomic mass is 10.1. The topological polar surface area (TPSA) is 26.0 Å². The molecule has 78 valence electrons. The van der Waals surface area contributed by atoms with Crippen molar-refractivity contribution in [3.8, 4) is 0 Å². The third kappa shape index (κ3) is 3.19. The summed E-state index contributed by atoms with van der Waals surface area (Å²) in [5.74, 6) is 0. The highest BCUT2D eigenvalue weighted by Gasteiger charge is 2.12. The van der Waals surface area contributed by atoms with Gasteiger partial charge in [0.05, 0.1) is 3.79 Å². The third-order valence-corrected chi connectivity index (χ3v) is 5.43. The number of thiophene rings is 1. The van der Waals surface area contributed by atoms with E-state index in [1.54, 1.807) is 11.3 Å². The number of hydrogen-bond acceptors (Lipinski definition) is 2. The Labute approximate surface area is 106 Å². The lowest BCUT2D eigenvalue weighted by Gasteiger charge is -2.09. The Kier molecular flexibility index (Phi) is 4.83. The van der Waals surface area contributed by atoms with Gasteiger partial charge in [0.25, 0.3) is 0 Å². The normalized spacial score (nSPS) is 12.9. The first-order valence-corrected chi connectivity index (χ1v) is 6.81. The summed E-state index contributed by atoms with van der Waals surface area (Å²) in [6, 6.07) is 2.15. The van der Waals surface area contributed by atoms with Gasteiger partial charge in [-0.15, -0.1) is 11.3 Å². The van der Waals surface area contributed by atoms with Gasteiger partial charge in [0.1, 0.15) is 0 Å². The molecule has 0 spiro atoms. The first-order valence-electron chi connectivity index (χ1n) is 4.41. The fourth-order valence-electron chi connectivity index (χ4n) is 1.10. The number of nitrogens with two attached hydrogens (primary N) is 1. The van der Waals surface area contributed by atoms with Gasteiger partial charge in [0.15, 0.2) is 0 Å². The van der Waals surface area contributed by atoms with Crippen LogP contribution in [0.2, 0.25) is 0 Å². The van der Waals surface area contributed by atoms with Crippen molar-refractivity contribution in [3.05, 3.63) is 31.4 Å². The van der Waals surface area contributed by atoms with Gasteiger partial charge >= 0.3 is 0 Å². The summed E-state index contributed by atoms with van der Waals surface area (Å²) in [7, 11) is 0. The molecule has 0 aromatic carbocycles. The third-order valence-electron chi connectivity index (χ3n) is 2.04. The Morgan fingerprint density at radius 2 is 2.29 bits per heavy atom. The molecule has 0 aliphatic carbocycles. The highest BCUT2D eigenvalue weighted by molar-refractivity contribution is 9.13. The largest absolute Gasteiger partial charge is 0.323 e. The van der Waals surface area contributed by atoms with Gasteiger partial charge in [-0.05, 0) is 50.8 Å². The van der Waals surface area contributed by atoms with Gasteiger partial charge in [-0.1, -0.05) is 19.1 Å². The monoisotopic (exact) mass is 337 g/mol. The second-order valence-corrected chi connectivity index (χ2v) is 6.44. The molecule has 4 heteroatoms. The lowest BCUT2D eigenvalue weighted by molar-refractivity contribution is 0.714. The Morgan fingerprint density at radius 1 is 1.64 bits per heavy atom. The molecule has 1 nitrogen and oxygen atoms in total. The second kappa shape index (κ2) is 5.45. The molecule has 2 N–H and O–H groups in total. The predicted octanol–water partition coefficient (Wildman–Crippen LogP) is 4.63. The molecule has 1 heterocycles. The summed E-state index contributed by atoms with van der Waals surface area (Å²) in [4.78, 5) is 1.19. The van der Waals surface area contributed by atoms with Crippen LogP contribution in [0.4, 0.5) is 0 Å². The summed E-state index contributed by atoms with van der Waals surface area (Å²) in [5, 5.41) is 0. The quantitative estimate of drug-likeness (QED) is 0.796. The molecule has 0 aliphatic heterocycles. The molecule has 1 unspecified atom stereocenters. The lowest BCUT2D eigenvalue weighted by Crippen LogP contribution is -2.08. The van der Waals surface area contributed by atoms with Crippen LogP contribution in [0.25, 0.3) is 0 Å². The van der Waals surface area contributed by atoms with E-state index in [1.165, 1.54) is 10.5 Å². The first-order chi connectivity index (χ1) is 6.54. The molecule has 0 amide bonds. The number of hydrogen-bond donors (Lipinski definition) is 1. The predicted molar refractivity (Wildman–Crippen MR) is 70.7 cm³/mol. The van der Waals surface area contributed by atoms with E-state index in [9.17, 15) is 0 Å². The minimum Gasteiger partial charge on any atom is -0.323 e. The Bertz CT molecular complexity index is 313. The van der Waals surface area contributed by atoms with E-state index in [1.807, 2.05) is 0 Å². The highest BCUT2D eigenvalue weighted by atomic mass is 79.9. The van der Waals surface area contributed by atoms with Crippen LogP contribution in [0.3, 0.4) is 0 Å². The zero-order valence-electron chi connectivity index (χ0n) is 8.02. The van der Waals surface area contributed by atoms with Crippen LogP contribution in [0.1, 0.15) is 30.7 Å². The van der Waals surface area contributed by atoms with E-state index in [4.69, 9.17) is 5.73 Å². The smallest absolute Gasteiger partial charge is 0.0843 e. The molecule has 1 aromatic heterocycles. The summed E-state index contributed by atoms with van der Waals surface area (Å²) < 4.78 is 2.18. The Hall–Kier alpha value is 0.360. The molecule has 0 saturated carbocycles. The zero-order chi connectivity index (χ0) is 10.7. The Balaban J connectivity index is 2.69. The minimum atomic E-state index is 0.0787. The van der Waals surface area contributed by atoms with Crippen molar-refractivity contribution in [1.82, 2.24) is 0 Å². The molecule has 1 atom stereocenters. The average molecular weight is 339 g/mol. The zero-order valence-corrected chi connectivity index (χ0v) is 12.0. The van der Waals surface area contributed by atoms with Gasteiger partial charge in [0.2, 0.25) is 0 Å².